The van der Waals surface area contributed by atoms with Crippen LogP contribution >= 0.6 is 23.2 Å². The van der Waals surface area contributed by atoms with Crippen molar-refractivity contribution in [3.8, 4) is 0 Å². The standard InChI is InChI=1S/C11H13Cl2N/c1-11(2)6-14-10(11)9-7(12)4-3-5-8(9)13/h3-5,10,14H,6H2,1-2H3. The van der Waals surface area contributed by atoms with Crippen molar-refractivity contribution in [1.29, 1.82) is 0 Å². The minimum Gasteiger partial charge on any atom is -0.309 e. The van der Waals surface area contributed by atoms with Crippen LogP contribution in [0.25, 0.3) is 0 Å². The van der Waals surface area contributed by atoms with Gasteiger partial charge in [-0.25, -0.2) is 0 Å². The second-order valence-corrected chi connectivity index (χ2v) is 5.25. The van der Waals surface area contributed by atoms with Crippen LogP contribution in [-0.2, 0) is 0 Å². The summed E-state index contributed by atoms with van der Waals surface area (Å²) in [6, 6.07) is 5.93. The van der Waals surface area contributed by atoms with Crippen molar-refractivity contribution in [2.75, 3.05) is 6.54 Å². The zero-order valence-corrected chi connectivity index (χ0v) is 9.78. The molecule has 1 heterocycles. The molecule has 2 rings (SSSR count). The Morgan fingerprint density at radius 2 is 1.86 bits per heavy atom. The van der Waals surface area contributed by atoms with E-state index in [1.165, 1.54) is 0 Å². The van der Waals surface area contributed by atoms with E-state index in [1.807, 2.05) is 18.2 Å². The van der Waals surface area contributed by atoms with Crippen LogP contribution in [0.15, 0.2) is 18.2 Å². The first-order valence-electron chi connectivity index (χ1n) is 4.70. The van der Waals surface area contributed by atoms with Gasteiger partial charge in [-0.1, -0.05) is 43.1 Å². The Balaban J connectivity index is 2.42. The molecule has 1 aliphatic rings. The van der Waals surface area contributed by atoms with Crippen LogP contribution in [0.4, 0.5) is 0 Å². The summed E-state index contributed by atoms with van der Waals surface area (Å²) in [6.07, 6.45) is 0. The molecule has 0 saturated carbocycles. The molecule has 3 heteroatoms. The third-order valence-corrected chi connectivity index (χ3v) is 3.49. The van der Waals surface area contributed by atoms with E-state index < -0.39 is 0 Å². The molecule has 0 aliphatic carbocycles. The number of halogens is 2. The number of nitrogens with one attached hydrogen (secondary N) is 1. The molecule has 1 saturated heterocycles. The van der Waals surface area contributed by atoms with Crippen LogP contribution in [0, 0.1) is 5.41 Å². The second-order valence-electron chi connectivity index (χ2n) is 4.44. The molecule has 1 aliphatic heterocycles. The van der Waals surface area contributed by atoms with Gasteiger partial charge in [0.15, 0.2) is 0 Å². The van der Waals surface area contributed by atoms with Crippen LogP contribution in [-0.4, -0.2) is 6.54 Å². The van der Waals surface area contributed by atoms with E-state index in [0.29, 0.717) is 0 Å². The lowest BCUT2D eigenvalue weighted by atomic mass is 9.74. The van der Waals surface area contributed by atoms with Gasteiger partial charge in [-0.05, 0) is 17.5 Å². The highest BCUT2D eigenvalue weighted by Gasteiger charge is 2.40. The first-order chi connectivity index (χ1) is 6.52. The predicted molar refractivity (Wildman–Crippen MR) is 61.0 cm³/mol. The van der Waals surface area contributed by atoms with Crippen molar-refractivity contribution < 1.29 is 0 Å². The monoisotopic (exact) mass is 229 g/mol. The van der Waals surface area contributed by atoms with Gasteiger partial charge in [-0.2, -0.15) is 0 Å². The Morgan fingerprint density at radius 3 is 2.21 bits per heavy atom. The van der Waals surface area contributed by atoms with Crippen molar-refractivity contribution in [2.24, 2.45) is 5.41 Å². The van der Waals surface area contributed by atoms with Gasteiger partial charge in [0.1, 0.15) is 0 Å². The molecule has 14 heavy (non-hydrogen) atoms. The Bertz CT molecular complexity index is 340. The van der Waals surface area contributed by atoms with Crippen LogP contribution in [0.1, 0.15) is 25.5 Å². The minimum absolute atomic E-state index is 0.245. The Morgan fingerprint density at radius 1 is 1.29 bits per heavy atom. The van der Waals surface area contributed by atoms with Crippen molar-refractivity contribution in [2.45, 2.75) is 19.9 Å². The molecule has 1 nitrogen and oxygen atoms in total. The predicted octanol–water partition coefficient (Wildman–Crippen LogP) is 3.66. The summed E-state index contributed by atoms with van der Waals surface area (Å²) >= 11 is 12.3. The molecule has 0 amide bonds. The van der Waals surface area contributed by atoms with Gasteiger partial charge >= 0.3 is 0 Å². The molecular weight excluding hydrogens is 217 g/mol. The average molecular weight is 230 g/mol. The smallest absolute Gasteiger partial charge is 0.0468 e. The Kier molecular flexibility index (Phi) is 2.50. The van der Waals surface area contributed by atoms with E-state index in [9.17, 15) is 0 Å². The molecule has 1 atom stereocenters. The summed E-state index contributed by atoms with van der Waals surface area (Å²) in [4.78, 5) is 0. The van der Waals surface area contributed by atoms with Gasteiger partial charge in [-0.15, -0.1) is 0 Å². The lowest BCUT2D eigenvalue weighted by Crippen LogP contribution is -2.52. The van der Waals surface area contributed by atoms with Crippen molar-refractivity contribution in [3.63, 3.8) is 0 Å². The summed E-state index contributed by atoms with van der Waals surface area (Å²) in [5.41, 5.74) is 1.28. The van der Waals surface area contributed by atoms with E-state index in [2.05, 4.69) is 19.2 Å². The van der Waals surface area contributed by atoms with Gasteiger partial charge < -0.3 is 5.32 Å². The highest BCUT2D eigenvalue weighted by atomic mass is 35.5. The van der Waals surface area contributed by atoms with Crippen molar-refractivity contribution in [1.82, 2.24) is 5.32 Å². The maximum atomic E-state index is 6.14. The van der Waals surface area contributed by atoms with Gasteiger partial charge in [0.2, 0.25) is 0 Å². The van der Waals surface area contributed by atoms with E-state index in [4.69, 9.17) is 23.2 Å². The topological polar surface area (TPSA) is 12.0 Å². The highest BCUT2D eigenvalue weighted by molar-refractivity contribution is 6.36. The molecule has 1 unspecified atom stereocenters. The van der Waals surface area contributed by atoms with Crippen molar-refractivity contribution >= 4 is 23.2 Å². The molecule has 1 aromatic rings. The summed E-state index contributed by atoms with van der Waals surface area (Å²) in [6.45, 7) is 5.45. The summed E-state index contributed by atoms with van der Waals surface area (Å²) < 4.78 is 0. The molecule has 0 radical (unpaired) electrons. The fourth-order valence-corrected chi connectivity index (χ4v) is 2.51. The van der Waals surface area contributed by atoms with Crippen LogP contribution < -0.4 is 5.32 Å². The molecular formula is C11H13Cl2N. The first kappa shape index (κ1) is 10.3. The quantitative estimate of drug-likeness (QED) is 0.776. The van der Waals surface area contributed by atoms with Gasteiger partial charge in [0.05, 0.1) is 0 Å². The summed E-state index contributed by atoms with van der Waals surface area (Å²) in [7, 11) is 0. The van der Waals surface area contributed by atoms with E-state index in [1.54, 1.807) is 0 Å². The SMILES string of the molecule is CC1(C)CNC1c1c(Cl)cccc1Cl. The minimum atomic E-state index is 0.245. The van der Waals surface area contributed by atoms with Crippen LogP contribution in [0.3, 0.4) is 0 Å². The fraction of sp³-hybridized carbons (Fsp3) is 0.455. The first-order valence-corrected chi connectivity index (χ1v) is 5.45. The second kappa shape index (κ2) is 3.41. The summed E-state index contributed by atoms with van der Waals surface area (Å²) in [5.74, 6) is 0. The van der Waals surface area contributed by atoms with E-state index in [-0.39, 0.29) is 11.5 Å². The van der Waals surface area contributed by atoms with Crippen LogP contribution in [0.5, 0.6) is 0 Å². The van der Waals surface area contributed by atoms with E-state index >= 15 is 0 Å². The Labute approximate surface area is 94.4 Å². The largest absolute Gasteiger partial charge is 0.309 e. The van der Waals surface area contributed by atoms with Crippen molar-refractivity contribution in [3.05, 3.63) is 33.8 Å². The molecule has 1 aromatic carbocycles. The average Bonchev–Trinajstić information content (AvgIpc) is 2.10. The highest BCUT2D eigenvalue weighted by Crippen LogP contribution is 2.45. The van der Waals surface area contributed by atoms with Gasteiger partial charge in [0.25, 0.3) is 0 Å². The molecule has 1 N–H and O–H groups in total. The molecule has 0 bridgehead atoms. The van der Waals surface area contributed by atoms with Gasteiger partial charge in [-0.3, -0.25) is 0 Å². The molecule has 0 aromatic heterocycles. The molecule has 0 spiro atoms. The molecule has 1 fully saturated rings. The third-order valence-electron chi connectivity index (χ3n) is 2.83. The number of hydrogen-bond donors (Lipinski definition) is 1. The van der Waals surface area contributed by atoms with Gasteiger partial charge in [0, 0.05) is 28.2 Å². The lowest BCUT2D eigenvalue weighted by molar-refractivity contribution is 0.128. The number of hydrogen-bond acceptors (Lipinski definition) is 1. The zero-order valence-electron chi connectivity index (χ0n) is 8.27. The number of rotatable bonds is 1. The maximum Gasteiger partial charge on any atom is 0.0468 e. The number of benzene rings is 1. The third kappa shape index (κ3) is 1.54. The normalized spacial score (nSPS) is 24.4. The van der Waals surface area contributed by atoms with E-state index in [0.717, 1.165) is 22.2 Å². The summed E-state index contributed by atoms with van der Waals surface area (Å²) in [5, 5.41) is 4.87. The fourth-order valence-electron chi connectivity index (χ4n) is 1.89. The van der Waals surface area contributed by atoms with Crippen LogP contribution in [0.2, 0.25) is 10.0 Å². The maximum absolute atomic E-state index is 6.14. The zero-order chi connectivity index (χ0) is 10.3. The lowest BCUT2D eigenvalue weighted by Gasteiger charge is -2.46. The molecule has 76 valence electrons. The Hall–Kier alpha value is -0.240.